The van der Waals surface area contributed by atoms with Gasteiger partial charge in [-0.2, -0.15) is 0 Å². The minimum Gasteiger partial charge on any atom is -0.481 e. The number of aliphatic hydroxyl groups excluding tert-OH is 1. The maximum atomic E-state index is 12.8. The third kappa shape index (κ3) is 2.75. The van der Waals surface area contributed by atoms with Crippen LogP contribution in [0.25, 0.3) is 0 Å². The van der Waals surface area contributed by atoms with Crippen LogP contribution in [0, 0.1) is 56.7 Å². The first-order chi connectivity index (χ1) is 15.3. The number of allylic oxidation sites excluding steroid dienone is 1. The Balaban J connectivity index is 1.57. The van der Waals surface area contributed by atoms with Crippen LogP contribution in [0.4, 0.5) is 0 Å². The fourth-order valence-corrected chi connectivity index (χ4v) is 11.5. The van der Waals surface area contributed by atoms with Gasteiger partial charge >= 0.3 is 5.97 Å². The standard InChI is InChI=1S/C30H48O3/c1-18(2)19-10-15-30(25(32)33)17-16-28(6)20(24(19)30)8-9-22-27(5)13-12-23(31)26(3,4)21(27)11-14-29(22,28)7/h19-24,31H,1,8-17H2,2-7H3,(H,32,33)/t19-,20?,21?,22?,23?,24?,27-,28+,29+,30?/m0/s1. The average Bonchev–Trinajstić information content (AvgIpc) is 3.13. The molecule has 0 spiro atoms. The Kier molecular flexibility index (Phi) is 5.15. The summed E-state index contributed by atoms with van der Waals surface area (Å²) in [6.45, 7) is 18.8. The van der Waals surface area contributed by atoms with Crippen molar-refractivity contribution in [3.63, 3.8) is 0 Å². The molecule has 5 fully saturated rings. The number of carbonyl (C=O) groups is 1. The molecule has 5 saturated carbocycles. The normalized spacial score (nSPS) is 55.0. The van der Waals surface area contributed by atoms with Gasteiger partial charge in [0.05, 0.1) is 11.5 Å². The Bertz CT molecular complexity index is 861. The fourth-order valence-electron chi connectivity index (χ4n) is 11.5. The molecule has 0 saturated heterocycles. The van der Waals surface area contributed by atoms with Crippen molar-refractivity contribution >= 4 is 5.97 Å². The van der Waals surface area contributed by atoms with Gasteiger partial charge in [-0.25, -0.2) is 0 Å². The molecule has 186 valence electrons. The van der Waals surface area contributed by atoms with E-state index in [0.29, 0.717) is 23.7 Å². The summed E-state index contributed by atoms with van der Waals surface area (Å²) in [7, 11) is 0. The summed E-state index contributed by atoms with van der Waals surface area (Å²) < 4.78 is 0. The second-order valence-corrected chi connectivity index (χ2v) is 14.5. The predicted octanol–water partition coefficient (Wildman–Crippen LogP) is 7.09. The molecule has 0 heterocycles. The number of fused-ring (bicyclic) bond motifs is 7. The number of carboxylic acid groups (broad SMARTS) is 1. The summed E-state index contributed by atoms with van der Waals surface area (Å²) in [6, 6.07) is 0. The first-order valence-corrected chi connectivity index (χ1v) is 13.8. The monoisotopic (exact) mass is 456 g/mol. The summed E-state index contributed by atoms with van der Waals surface area (Å²) in [6.07, 6.45) is 10.5. The van der Waals surface area contributed by atoms with Crippen molar-refractivity contribution in [1.29, 1.82) is 0 Å². The summed E-state index contributed by atoms with van der Waals surface area (Å²) in [5, 5.41) is 21.4. The number of hydrogen-bond donors (Lipinski definition) is 2. The highest BCUT2D eigenvalue weighted by atomic mass is 16.4. The molecule has 5 aliphatic carbocycles. The molecule has 0 bridgehead atoms. The van der Waals surface area contributed by atoms with E-state index in [9.17, 15) is 15.0 Å². The largest absolute Gasteiger partial charge is 0.481 e. The molecule has 0 aromatic rings. The Labute approximate surface area is 201 Å². The third-order valence-electron chi connectivity index (χ3n) is 13.5. The van der Waals surface area contributed by atoms with Crippen LogP contribution in [0.2, 0.25) is 0 Å². The molecule has 10 atom stereocenters. The molecule has 0 aromatic heterocycles. The third-order valence-corrected chi connectivity index (χ3v) is 13.5. The average molecular weight is 457 g/mol. The van der Waals surface area contributed by atoms with E-state index >= 15 is 0 Å². The smallest absolute Gasteiger partial charge is 0.309 e. The van der Waals surface area contributed by atoms with Crippen molar-refractivity contribution < 1.29 is 15.0 Å². The van der Waals surface area contributed by atoms with E-state index in [1.165, 1.54) is 31.3 Å². The van der Waals surface area contributed by atoms with Crippen molar-refractivity contribution in [2.24, 2.45) is 56.7 Å². The highest BCUT2D eigenvalue weighted by molar-refractivity contribution is 5.76. The van der Waals surface area contributed by atoms with Crippen LogP contribution in [-0.4, -0.2) is 22.3 Å². The topological polar surface area (TPSA) is 57.5 Å². The number of carboxylic acids is 1. The van der Waals surface area contributed by atoms with Gasteiger partial charge in [-0.15, -0.1) is 0 Å². The van der Waals surface area contributed by atoms with Crippen LogP contribution in [0.3, 0.4) is 0 Å². The van der Waals surface area contributed by atoms with E-state index in [2.05, 4.69) is 48.1 Å². The van der Waals surface area contributed by atoms with Gasteiger partial charge in [-0.05, 0) is 122 Å². The molecule has 3 heteroatoms. The number of aliphatic hydroxyl groups is 1. The summed E-state index contributed by atoms with van der Waals surface area (Å²) in [5.41, 5.74) is 1.35. The Morgan fingerprint density at radius 3 is 2.15 bits per heavy atom. The summed E-state index contributed by atoms with van der Waals surface area (Å²) >= 11 is 0. The summed E-state index contributed by atoms with van der Waals surface area (Å²) in [5.74, 6) is 1.79. The van der Waals surface area contributed by atoms with Crippen molar-refractivity contribution in [3.05, 3.63) is 12.2 Å². The molecule has 0 radical (unpaired) electrons. The Morgan fingerprint density at radius 2 is 1.52 bits per heavy atom. The first-order valence-electron chi connectivity index (χ1n) is 13.8. The van der Waals surface area contributed by atoms with Crippen LogP contribution >= 0.6 is 0 Å². The zero-order valence-electron chi connectivity index (χ0n) is 22.0. The van der Waals surface area contributed by atoms with Gasteiger partial charge in [0.1, 0.15) is 0 Å². The lowest BCUT2D eigenvalue weighted by Gasteiger charge is -2.72. The van der Waals surface area contributed by atoms with E-state index in [-0.39, 0.29) is 33.7 Å². The second kappa shape index (κ2) is 7.11. The molecule has 33 heavy (non-hydrogen) atoms. The molecular weight excluding hydrogens is 408 g/mol. The lowest BCUT2D eigenvalue weighted by Crippen LogP contribution is -2.67. The van der Waals surface area contributed by atoms with Gasteiger partial charge in [-0.3, -0.25) is 4.79 Å². The van der Waals surface area contributed by atoms with E-state index in [1.807, 2.05) is 0 Å². The minimum absolute atomic E-state index is 0.0202. The zero-order valence-corrected chi connectivity index (χ0v) is 22.0. The minimum atomic E-state index is -0.538. The second-order valence-electron chi connectivity index (χ2n) is 14.5. The molecule has 0 amide bonds. The van der Waals surface area contributed by atoms with Gasteiger partial charge in [0.15, 0.2) is 0 Å². The molecule has 3 nitrogen and oxygen atoms in total. The molecule has 0 aromatic carbocycles. The van der Waals surface area contributed by atoms with Gasteiger partial charge in [0.25, 0.3) is 0 Å². The van der Waals surface area contributed by atoms with Gasteiger partial charge < -0.3 is 10.2 Å². The number of hydrogen-bond acceptors (Lipinski definition) is 2. The van der Waals surface area contributed by atoms with Gasteiger partial charge in [-0.1, -0.05) is 46.8 Å². The molecular formula is C30H48O3. The zero-order chi connectivity index (χ0) is 24.2. The molecule has 0 aliphatic heterocycles. The quantitative estimate of drug-likeness (QED) is 0.436. The predicted molar refractivity (Wildman–Crippen MR) is 133 cm³/mol. The van der Waals surface area contributed by atoms with E-state index in [4.69, 9.17) is 0 Å². The lowest BCUT2D eigenvalue weighted by molar-refractivity contribution is -0.248. The molecule has 5 rings (SSSR count). The van der Waals surface area contributed by atoms with Crippen molar-refractivity contribution in [2.75, 3.05) is 0 Å². The number of aliphatic carboxylic acids is 1. The van der Waals surface area contributed by atoms with E-state index in [0.717, 1.165) is 38.5 Å². The van der Waals surface area contributed by atoms with E-state index in [1.54, 1.807) is 0 Å². The maximum absolute atomic E-state index is 12.8. The Hall–Kier alpha value is -0.830. The summed E-state index contributed by atoms with van der Waals surface area (Å²) in [4.78, 5) is 12.8. The maximum Gasteiger partial charge on any atom is 0.309 e. The number of rotatable bonds is 2. The van der Waals surface area contributed by atoms with E-state index < -0.39 is 11.4 Å². The highest BCUT2D eigenvalue weighted by Crippen LogP contribution is 2.77. The first kappa shape index (κ1) is 23.9. The van der Waals surface area contributed by atoms with Crippen LogP contribution < -0.4 is 0 Å². The SMILES string of the molecule is C=C(C)[C@@H]1CCC2(C(=O)O)CC[C@]3(C)C(CCC4[C@@]5(C)CCC(O)C(C)(C)C5CC[C@]43C)C12. The van der Waals surface area contributed by atoms with Crippen LogP contribution in [0.1, 0.15) is 106 Å². The van der Waals surface area contributed by atoms with Crippen molar-refractivity contribution in [3.8, 4) is 0 Å². The molecule has 6 unspecified atom stereocenters. The van der Waals surface area contributed by atoms with Gasteiger partial charge in [0.2, 0.25) is 0 Å². The van der Waals surface area contributed by atoms with Crippen LogP contribution in [0.5, 0.6) is 0 Å². The van der Waals surface area contributed by atoms with Crippen molar-refractivity contribution in [1.82, 2.24) is 0 Å². The van der Waals surface area contributed by atoms with Crippen molar-refractivity contribution in [2.45, 2.75) is 112 Å². The van der Waals surface area contributed by atoms with Crippen LogP contribution in [-0.2, 0) is 4.79 Å². The van der Waals surface area contributed by atoms with Crippen LogP contribution in [0.15, 0.2) is 12.2 Å². The Morgan fingerprint density at radius 1 is 0.818 bits per heavy atom. The fraction of sp³-hybridized carbons (Fsp3) is 0.900. The highest BCUT2D eigenvalue weighted by Gasteiger charge is 2.71. The van der Waals surface area contributed by atoms with Gasteiger partial charge in [0, 0.05) is 0 Å². The lowest BCUT2D eigenvalue weighted by atomic mass is 9.32. The molecule has 5 aliphatic rings. The molecule has 2 N–H and O–H groups in total.